The van der Waals surface area contributed by atoms with Gasteiger partial charge in [0.15, 0.2) is 5.69 Å². The Morgan fingerprint density at radius 2 is 1.94 bits per heavy atom. The molecule has 0 bridgehead atoms. The van der Waals surface area contributed by atoms with E-state index in [4.69, 9.17) is 5.26 Å². The summed E-state index contributed by atoms with van der Waals surface area (Å²) < 4.78 is 1.84. The summed E-state index contributed by atoms with van der Waals surface area (Å²) in [5.74, 6) is 0.342. The molecular weight excluding hydrogens is 198 g/mol. The standard InChI is InChI=1S/C13H13N3/c1-10(2)13-8-11(9-14)15-16(13)12-6-4-3-5-7-12/h3-8,10H,1-2H3. The Kier molecular flexibility index (Phi) is 2.74. The van der Waals surface area contributed by atoms with Crippen molar-refractivity contribution < 1.29 is 0 Å². The summed E-state index contributed by atoms with van der Waals surface area (Å²) in [4.78, 5) is 0. The first-order valence-corrected chi connectivity index (χ1v) is 5.28. The summed E-state index contributed by atoms with van der Waals surface area (Å²) in [5, 5.41) is 13.2. The third-order valence-corrected chi connectivity index (χ3v) is 2.44. The lowest BCUT2D eigenvalue weighted by atomic mass is 10.1. The lowest BCUT2D eigenvalue weighted by molar-refractivity contribution is 0.733. The van der Waals surface area contributed by atoms with Crippen molar-refractivity contribution in [3.05, 3.63) is 47.8 Å². The quantitative estimate of drug-likeness (QED) is 0.766. The molecule has 0 unspecified atom stereocenters. The fraction of sp³-hybridized carbons (Fsp3) is 0.231. The molecule has 1 aromatic carbocycles. The van der Waals surface area contributed by atoms with Gasteiger partial charge in [-0.2, -0.15) is 10.4 Å². The molecule has 2 rings (SSSR count). The Morgan fingerprint density at radius 1 is 1.25 bits per heavy atom. The molecule has 0 aliphatic rings. The van der Waals surface area contributed by atoms with Crippen molar-refractivity contribution in [1.82, 2.24) is 9.78 Å². The highest BCUT2D eigenvalue weighted by Crippen LogP contribution is 2.19. The van der Waals surface area contributed by atoms with Crippen LogP contribution in [0.15, 0.2) is 36.4 Å². The molecule has 0 radical (unpaired) electrons. The highest BCUT2D eigenvalue weighted by atomic mass is 15.3. The molecule has 3 nitrogen and oxygen atoms in total. The summed E-state index contributed by atoms with van der Waals surface area (Å²) in [6.45, 7) is 4.19. The third-order valence-electron chi connectivity index (χ3n) is 2.44. The predicted octanol–water partition coefficient (Wildman–Crippen LogP) is 2.87. The summed E-state index contributed by atoms with van der Waals surface area (Å²) in [7, 11) is 0. The van der Waals surface area contributed by atoms with Gasteiger partial charge in [-0.05, 0) is 24.1 Å². The van der Waals surface area contributed by atoms with Gasteiger partial charge in [-0.25, -0.2) is 4.68 Å². The van der Waals surface area contributed by atoms with Gasteiger partial charge in [0.25, 0.3) is 0 Å². The van der Waals surface area contributed by atoms with Crippen molar-refractivity contribution in [1.29, 1.82) is 5.26 Å². The Labute approximate surface area is 94.9 Å². The molecule has 0 aliphatic heterocycles. The van der Waals surface area contributed by atoms with E-state index in [1.165, 1.54) is 0 Å². The molecule has 0 saturated carbocycles. The summed E-state index contributed by atoms with van der Waals surface area (Å²) in [6, 6.07) is 13.8. The van der Waals surface area contributed by atoms with E-state index < -0.39 is 0 Å². The topological polar surface area (TPSA) is 41.6 Å². The fourth-order valence-electron chi connectivity index (χ4n) is 1.64. The number of aromatic nitrogens is 2. The zero-order valence-electron chi connectivity index (χ0n) is 9.38. The van der Waals surface area contributed by atoms with Crippen LogP contribution in [0.25, 0.3) is 5.69 Å². The second-order valence-electron chi connectivity index (χ2n) is 3.97. The number of hydrogen-bond acceptors (Lipinski definition) is 2. The van der Waals surface area contributed by atoms with Crippen LogP contribution < -0.4 is 0 Å². The van der Waals surface area contributed by atoms with Crippen LogP contribution >= 0.6 is 0 Å². The van der Waals surface area contributed by atoms with Crippen molar-refractivity contribution >= 4 is 0 Å². The van der Waals surface area contributed by atoms with Gasteiger partial charge in [0.2, 0.25) is 0 Å². The highest BCUT2D eigenvalue weighted by Gasteiger charge is 2.11. The largest absolute Gasteiger partial charge is 0.236 e. The first kappa shape index (κ1) is 10.4. The van der Waals surface area contributed by atoms with E-state index in [2.05, 4.69) is 25.0 Å². The molecule has 1 aromatic heterocycles. The maximum Gasteiger partial charge on any atom is 0.163 e. The fourth-order valence-corrected chi connectivity index (χ4v) is 1.64. The van der Waals surface area contributed by atoms with E-state index >= 15 is 0 Å². The minimum atomic E-state index is 0.342. The highest BCUT2D eigenvalue weighted by molar-refractivity contribution is 5.36. The molecule has 16 heavy (non-hydrogen) atoms. The SMILES string of the molecule is CC(C)c1cc(C#N)nn1-c1ccccc1. The van der Waals surface area contributed by atoms with E-state index in [1.54, 1.807) is 0 Å². The van der Waals surface area contributed by atoms with Crippen molar-refractivity contribution in [3.8, 4) is 11.8 Å². The second kappa shape index (κ2) is 4.19. The molecule has 0 spiro atoms. The van der Waals surface area contributed by atoms with Gasteiger partial charge in [0, 0.05) is 5.69 Å². The Morgan fingerprint density at radius 3 is 2.50 bits per heavy atom. The van der Waals surface area contributed by atoms with Gasteiger partial charge in [-0.3, -0.25) is 0 Å². The first-order chi connectivity index (χ1) is 7.72. The van der Waals surface area contributed by atoms with Crippen molar-refractivity contribution in [2.45, 2.75) is 19.8 Å². The monoisotopic (exact) mass is 211 g/mol. The normalized spacial score (nSPS) is 10.4. The number of rotatable bonds is 2. The van der Waals surface area contributed by atoms with Crippen LogP contribution in [0.2, 0.25) is 0 Å². The number of benzene rings is 1. The second-order valence-corrected chi connectivity index (χ2v) is 3.97. The lowest BCUT2D eigenvalue weighted by Crippen LogP contribution is -2.03. The first-order valence-electron chi connectivity index (χ1n) is 5.28. The average Bonchev–Trinajstić information content (AvgIpc) is 2.74. The smallest absolute Gasteiger partial charge is 0.163 e. The van der Waals surface area contributed by atoms with E-state index in [1.807, 2.05) is 41.1 Å². The van der Waals surface area contributed by atoms with Crippen molar-refractivity contribution in [2.75, 3.05) is 0 Å². The molecule has 0 saturated heterocycles. The number of para-hydroxylation sites is 1. The van der Waals surface area contributed by atoms with Crippen LogP contribution in [0.1, 0.15) is 31.2 Å². The molecular formula is C13H13N3. The summed E-state index contributed by atoms with van der Waals surface area (Å²) in [6.07, 6.45) is 0. The van der Waals surface area contributed by atoms with Crippen LogP contribution in [-0.4, -0.2) is 9.78 Å². The van der Waals surface area contributed by atoms with E-state index in [-0.39, 0.29) is 0 Å². The molecule has 0 fully saturated rings. The molecule has 2 aromatic rings. The van der Waals surface area contributed by atoms with Crippen LogP contribution in [0, 0.1) is 11.3 Å². The predicted molar refractivity (Wildman–Crippen MR) is 62.4 cm³/mol. The van der Waals surface area contributed by atoms with Crippen LogP contribution in [0.5, 0.6) is 0 Å². The maximum absolute atomic E-state index is 8.88. The number of hydrogen-bond donors (Lipinski definition) is 0. The molecule has 1 heterocycles. The van der Waals surface area contributed by atoms with Gasteiger partial charge < -0.3 is 0 Å². The Bertz CT molecular complexity index is 518. The van der Waals surface area contributed by atoms with E-state index in [0.717, 1.165) is 11.4 Å². The Balaban J connectivity index is 2.56. The van der Waals surface area contributed by atoms with Crippen molar-refractivity contribution in [3.63, 3.8) is 0 Å². The molecule has 0 amide bonds. The third kappa shape index (κ3) is 1.82. The number of nitrogens with zero attached hydrogens (tertiary/aromatic N) is 3. The molecule has 3 heteroatoms. The van der Waals surface area contributed by atoms with Gasteiger partial charge in [-0.1, -0.05) is 32.0 Å². The van der Waals surface area contributed by atoms with Gasteiger partial charge >= 0.3 is 0 Å². The molecule has 0 atom stereocenters. The van der Waals surface area contributed by atoms with Crippen LogP contribution in [-0.2, 0) is 0 Å². The van der Waals surface area contributed by atoms with Crippen molar-refractivity contribution in [2.24, 2.45) is 0 Å². The minimum absolute atomic E-state index is 0.342. The zero-order chi connectivity index (χ0) is 11.5. The van der Waals surface area contributed by atoms with Gasteiger partial charge in [0.05, 0.1) is 5.69 Å². The van der Waals surface area contributed by atoms with Crippen LogP contribution in [0.3, 0.4) is 0 Å². The molecule has 0 N–H and O–H groups in total. The van der Waals surface area contributed by atoms with E-state index in [9.17, 15) is 0 Å². The molecule has 80 valence electrons. The number of nitriles is 1. The van der Waals surface area contributed by atoms with Gasteiger partial charge in [0.1, 0.15) is 6.07 Å². The van der Waals surface area contributed by atoms with E-state index in [0.29, 0.717) is 11.6 Å². The average molecular weight is 211 g/mol. The Hall–Kier alpha value is -2.08. The maximum atomic E-state index is 8.88. The zero-order valence-corrected chi connectivity index (χ0v) is 9.38. The van der Waals surface area contributed by atoms with Gasteiger partial charge in [-0.15, -0.1) is 0 Å². The molecule has 0 aliphatic carbocycles. The lowest BCUT2D eigenvalue weighted by Gasteiger charge is -2.09. The summed E-state index contributed by atoms with van der Waals surface area (Å²) in [5.41, 5.74) is 2.52. The summed E-state index contributed by atoms with van der Waals surface area (Å²) >= 11 is 0. The van der Waals surface area contributed by atoms with Crippen LogP contribution in [0.4, 0.5) is 0 Å². The minimum Gasteiger partial charge on any atom is -0.236 e.